The molecule has 1 amide bonds. The van der Waals surface area contributed by atoms with Crippen LogP contribution in [-0.4, -0.2) is 35.7 Å². The van der Waals surface area contributed by atoms with Gasteiger partial charge >= 0.3 is 6.09 Å². The summed E-state index contributed by atoms with van der Waals surface area (Å²) in [5.74, 6) is 0. The summed E-state index contributed by atoms with van der Waals surface area (Å²) in [5, 5.41) is 3.53. The molecule has 1 N–H and O–H groups in total. The van der Waals surface area contributed by atoms with Crippen LogP contribution in [0.2, 0.25) is 0 Å². The molecule has 1 atom stereocenters. The molecule has 0 spiro atoms. The van der Waals surface area contributed by atoms with Crippen molar-refractivity contribution in [2.24, 2.45) is 0 Å². The molecule has 128 valence electrons. The van der Waals surface area contributed by atoms with Crippen molar-refractivity contribution >= 4 is 27.7 Å². The number of carbonyl (C=O) groups excluding carboxylic acids is 1. The van der Waals surface area contributed by atoms with Crippen molar-refractivity contribution in [2.75, 3.05) is 18.4 Å². The van der Waals surface area contributed by atoms with Gasteiger partial charge in [-0.3, -0.25) is 0 Å². The number of nitrogens with one attached hydrogen (secondary N) is 1. The van der Waals surface area contributed by atoms with Gasteiger partial charge in [0.1, 0.15) is 5.60 Å². The number of aryl methyl sites for hydroxylation is 2. The van der Waals surface area contributed by atoms with Crippen LogP contribution in [0.15, 0.2) is 16.6 Å². The maximum atomic E-state index is 12.3. The molecule has 1 saturated heterocycles. The summed E-state index contributed by atoms with van der Waals surface area (Å²) < 4.78 is 6.61. The molecule has 0 aliphatic carbocycles. The van der Waals surface area contributed by atoms with E-state index in [4.69, 9.17) is 4.74 Å². The highest BCUT2D eigenvalue weighted by Crippen LogP contribution is 2.27. The van der Waals surface area contributed by atoms with Crippen molar-refractivity contribution in [1.29, 1.82) is 0 Å². The van der Waals surface area contributed by atoms with E-state index in [1.165, 1.54) is 11.1 Å². The van der Waals surface area contributed by atoms with E-state index in [0.717, 1.165) is 36.1 Å². The second kappa shape index (κ2) is 7.12. The van der Waals surface area contributed by atoms with Crippen LogP contribution in [0.1, 0.15) is 44.7 Å². The van der Waals surface area contributed by atoms with Crippen LogP contribution in [0.25, 0.3) is 0 Å². The number of amides is 1. The summed E-state index contributed by atoms with van der Waals surface area (Å²) in [6.07, 6.45) is 1.84. The predicted molar refractivity (Wildman–Crippen MR) is 98.1 cm³/mol. The summed E-state index contributed by atoms with van der Waals surface area (Å²) >= 11 is 3.52. The van der Waals surface area contributed by atoms with Gasteiger partial charge in [0, 0.05) is 23.2 Å². The lowest BCUT2D eigenvalue weighted by Crippen LogP contribution is -2.42. The number of anilines is 1. The van der Waals surface area contributed by atoms with E-state index in [0.29, 0.717) is 0 Å². The van der Waals surface area contributed by atoms with Crippen LogP contribution < -0.4 is 5.32 Å². The highest BCUT2D eigenvalue weighted by atomic mass is 79.9. The van der Waals surface area contributed by atoms with Crippen molar-refractivity contribution in [1.82, 2.24) is 4.90 Å². The number of likely N-dealkylation sites (tertiary alicyclic amines) is 1. The molecule has 1 aromatic carbocycles. The smallest absolute Gasteiger partial charge is 0.410 e. The van der Waals surface area contributed by atoms with Gasteiger partial charge in [0.05, 0.1) is 6.04 Å². The number of hydrogen-bond acceptors (Lipinski definition) is 3. The molecule has 1 heterocycles. The number of rotatable bonds is 3. The molecule has 2 rings (SSSR count). The van der Waals surface area contributed by atoms with E-state index in [9.17, 15) is 4.79 Å². The standard InChI is InChI=1S/C18H27BrN2O2/c1-12-9-14(19)10-13(2)16(12)20-11-15-7-6-8-21(15)17(22)23-18(3,4)5/h9-10,15,20H,6-8,11H2,1-5H3. The Kier molecular flexibility index (Phi) is 5.61. The first-order valence-electron chi connectivity index (χ1n) is 8.17. The zero-order valence-electron chi connectivity index (χ0n) is 14.7. The minimum atomic E-state index is -0.448. The van der Waals surface area contributed by atoms with Crippen LogP contribution >= 0.6 is 15.9 Å². The van der Waals surface area contributed by atoms with Crippen LogP contribution in [0.4, 0.5) is 10.5 Å². The first-order valence-corrected chi connectivity index (χ1v) is 8.97. The third kappa shape index (κ3) is 4.87. The Hall–Kier alpha value is -1.23. The normalized spacial score (nSPS) is 18.2. The predicted octanol–water partition coefficient (Wildman–Crippen LogP) is 4.88. The van der Waals surface area contributed by atoms with Crippen molar-refractivity contribution < 1.29 is 9.53 Å². The quantitative estimate of drug-likeness (QED) is 0.809. The average molecular weight is 383 g/mol. The molecule has 1 aliphatic rings. The second-order valence-corrected chi connectivity index (χ2v) is 8.18. The van der Waals surface area contributed by atoms with Gasteiger partial charge in [0.25, 0.3) is 0 Å². The number of carbonyl (C=O) groups is 1. The van der Waals surface area contributed by atoms with E-state index in [2.05, 4.69) is 47.2 Å². The fourth-order valence-electron chi connectivity index (χ4n) is 3.02. The first-order chi connectivity index (χ1) is 10.7. The van der Waals surface area contributed by atoms with Crippen molar-refractivity contribution in [2.45, 2.75) is 59.1 Å². The van der Waals surface area contributed by atoms with Gasteiger partial charge in [-0.15, -0.1) is 0 Å². The molecule has 1 fully saturated rings. The highest BCUT2D eigenvalue weighted by Gasteiger charge is 2.32. The number of benzene rings is 1. The molecule has 23 heavy (non-hydrogen) atoms. The van der Waals surface area contributed by atoms with E-state index >= 15 is 0 Å². The van der Waals surface area contributed by atoms with Crippen molar-refractivity contribution in [3.05, 3.63) is 27.7 Å². The van der Waals surface area contributed by atoms with Crippen LogP contribution in [0, 0.1) is 13.8 Å². The van der Waals surface area contributed by atoms with Crippen molar-refractivity contribution in [3.8, 4) is 0 Å². The second-order valence-electron chi connectivity index (χ2n) is 7.27. The van der Waals surface area contributed by atoms with Gasteiger partial charge in [-0.2, -0.15) is 0 Å². The maximum absolute atomic E-state index is 12.3. The minimum absolute atomic E-state index is 0.187. The first kappa shape index (κ1) is 18.1. The summed E-state index contributed by atoms with van der Waals surface area (Å²) in [5.41, 5.74) is 3.12. The lowest BCUT2D eigenvalue weighted by Gasteiger charge is -2.29. The summed E-state index contributed by atoms with van der Waals surface area (Å²) in [4.78, 5) is 14.2. The average Bonchev–Trinajstić information content (AvgIpc) is 2.83. The Morgan fingerprint density at radius 2 is 1.96 bits per heavy atom. The molecule has 1 unspecified atom stereocenters. The van der Waals surface area contributed by atoms with Crippen molar-refractivity contribution in [3.63, 3.8) is 0 Å². The Labute approximate surface area is 147 Å². The topological polar surface area (TPSA) is 41.6 Å². The summed E-state index contributed by atoms with van der Waals surface area (Å²) in [6, 6.07) is 4.40. The maximum Gasteiger partial charge on any atom is 0.410 e. The molecular formula is C18H27BrN2O2. The summed E-state index contributed by atoms with van der Waals surface area (Å²) in [6.45, 7) is 11.4. The van der Waals surface area contributed by atoms with Gasteiger partial charge in [0.15, 0.2) is 0 Å². The fraction of sp³-hybridized carbons (Fsp3) is 0.611. The van der Waals surface area contributed by atoms with Gasteiger partial charge in [0.2, 0.25) is 0 Å². The SMILES string of the molecule is Cc1cc(Br)cc(C)c1NCC1CCCN1C(=O)OC(C)(C)C. The van der Waals surface area contributed by atoms with E-state index in [1.807, 2.05) is 25.7 Å². The molecule has 4 nitrogen and oxygen atoms in total. The zero-order chi connectivity index (χ0) is 17.2. The lowest BCUT2D eigenvalue weighted by molar-refractivity contribution is 0.0235. The number of nitrogens with zero attached hydrogens (tertiary/aromatic N) is 1. The molecule has 0 radical (unpaired) electrons. The van der Waals surface area contributed by atoms with Gasteiger partial charge in [-0.25, -0.2) is 4.79 Å². The van der Waals surface area contributed by atoms with E-state index in [1.54, 1.807) is 0 Å². The third-order valence-corrected chi connectivity index (χ3v) is 4.47. The van der Waals surface area contributed by atoms with Crippen LogP contribution in [0.5, 0.6) is 0 Å². The third-order valence-electron chi connectivity index (χ3n) is 4.02. The van der Waals surface area contributed by atoms with Gasteiger partial charge < -0.3 is 15.0 Å². The Bertz CT molecular complexity index is 558. The highest BCUT2D eigenvalue weighted by molar-refractivity contribution is 9.10. The largest absolute Gasteiger partial charge is 0.444 e. The summed E-state index contributed by atoms with van der Waals surface area (Å²) in [7, 11) is 0. The lowest BCUT2D eigenvalue weighted by atomic mass is 10.1. The molecular weight excluding hydrogens is 356 g/mol. The molecule has 5 heteroatoms. The van der Waals surface area contributed by atoms with Crippen LogP contribution in [-0.2, 0) is 4.74 Å². The molecule has 0 bridgehead atoms. The zero-order valence-corrected chi connectivity index (χ0v) is 16.3. The van der Waals surface area contributed by atoms with Gasteiger partial charge in [-0.05, 0) is 70.7 Å². The molecule has 1 aromatic rings. The minimum Gasteiger partial charge on any atom is -0.444 e. The Morgan fingerprint density at radius 1 is 1.35 bits per heavy atom. The molecule has 0 aromatic heterocycles. The Morgan fingerprint density at radius 3 is 2.52 bits per heavy atom. The fourth-order valence-corrected chi connectivity index (χ4v) is 3.70. The number of halogens is 1. The van der Waals surface area contributed by atoms with E-state index < -0.39 is 5.60 Å². The van der Waals surface area contributed by atoms with Crippen LogP contribution in [0.3, 0.4) is 0 Å². The molecule has 0 saturated carbocycles. The monoisotopic (exact) mass is 382 g/mol. The molecule has 1 aliphatic heterocycles. The van der Waals surface area contributed by atoms with E-state index in [-0.39, 0.29) is 12.1 Å². The Balaban J connectivity index is 2.01. The van der Waals surface area contributed by atoms with Gasteiger partial charge in [-0.1, -0.05) is 15.9 Å². The number of ether oxygens (including phenoxy) is 1. The number of hydrogen-bond donors (Lipinski definition) is 1.